The van der Waals surface area contributed by atoms with Gasteiger partial charge in [-0.05, 0) is 42.0 Å². The van der Waals surface area contributed by atoms with E-state index in [0.717, 1.165) is 12.0 Å². The second-order valence-corrected chi connectivity index (χ2v) is 6.82. The predicted octanol–water partition coefficient (Wildman–Crippen LogP) is 6.88. The van der Waals surface area contributed by atoms with Gasteiger partial charge < -0.3 is 4.74 Å². The predicted molar refractivity (Wildman–Crippen MR) is 111 cm³/mol. The second kappa shape index (κ2) is 9.32. The summed E-state index contributed by atoms with van der Waals surface area (Å²) >= 11 is 0. The van der Waals surface area contributed by atoms with Gasteiger partial charge in [0.1, 0.15) is 17.4 Å². The number of halogens is 2. The molecule has 0 unspecified atom stereocenters. The molecule has 1 nitrogen and oxygen atoms in total. The molecule has 3 heteroatoms. The molecule has 0 radical (unpaired) electrons. The van der Waals surface area contributed by atoms with E-state index in [-0.39, 0.29) is 11.3 Å². The van der Waals surface area contributed by atoms with Gasteiger partial charge in [0.25, 0.3) is 0 Å². The SMILES string of the molecule is CCOc1cc(F)c(C=Cc2ccc(C[C@H](C)c3ccccc3)cc2)c(F)c1. The zero-order chi connectivity index (χ0) is 19.9. The topological polar surface area (TPSA) is 9.23 Å². The van der Waals surface area contributed by atoms with Gasteiger partial charge in [-0.3, -0.25) is 0 Å². The Morgan fingerprint density at radius 3 is 2.14 bits per heavy atom. The minimum Gasteiger partial charge on any atom is -0.494 e. The molecule has 0 aliphatic rings. The molecular weight excluding hydrogens is 354 g/mol. The summed E-state index contributed by atoms with van der Waals surface area (Å²) in [7, 11) is 0. The number of hydrogen-bond acceptors (Lipinski definition) is 1. The summed E-state index contributed by atoms with van der Waals surface area (Å²) in [5, 5.41) is 0. The summed E-state index contributed by atoms with van der Waals surface area (Å²) in [5.41, 5.74) is 3.37. The first-order chi connectivity index (χ1) is 13.6. The van der Waals surface area contributed by atoms with Crippen molar-refractivity contribution in [1.29, 1.82) is 0 Å². The number of ether oxygens (including phenoxy) is 1. The Morgan fingerprint density at radius 2 is 1.54 bits per heavy atom. The highest BCUT2D eigenvalue weighted by molar-refractivity contribution is 5.70. The maximum atomic E-state index is 14.1. The third-order valence-corrected chi connectivity index (χ3v) is 4.70. The molecule has 0 saturated heterocycles. The lowest BCUT2D eigenvalue weighted by atomic mass is 9.93. The third kappa shape index (κ3) is 5.07. The first kappa shape index (κ1) is 19.8. The molecule has 0 saturated carbocycles. The first-order valence-electron chi connectivity index (χ1n) is 9.50. The number of benzene rings is 3. The van der Waals surface area contributed by atoms with E-state index >= 15 is 0 Å². The molecule has 0 N–H and O–H groups in total. The lowest BCUT2D eigenvalue weighted by Crippen LogP contribution is -1.98. The molecule has 0 bridgehead atoms. The first-order valence-corrected chi connectivity index (χ1v) is 9.50. The summed E-state index contributed by atoms with van der Waals surface area (Å²) in [4.78, 5) is 0. The smallest absolute Gasteiger partial charge is 0.137 e. The maximum Gasteiger partial charge on any atom is 0.137 e. The van der Waals surface area contributed by atoms with E-state index in [4.69, 9.17) is 4.74 Å². The van der Waals surface area contributed by atoms with Crippen molar-refractivity contribution in [3.8, 4) is 5.75 Å². The Labute approximate surface area is 165 Å². The van der Waals surface area contributed by atoms with Crippen molar-refractivity contribution in [3.63, 3.8) is 0 Å². The molecule has 0 heterocycles. The van der Waals surface area contributed by atoms with E-state index in [9.17, 15) is 8.78 Å². The van der Waals surface area contributed by atoms with E-state index in [0.29, 0.717) is 12.5 Å². The lowest BCUT2D eigenvalue weighted by Gasteiger charge is -2.12. The normalized spacial score (nSPS) is 12.3. The van der Waals surface area contributed by atoms with Crippen molar-refractivity contribution in [1.82, 2.24) is 0 Å². The molecule has 3 aromatic carbocycles. The van der Waals surface area contributed by atoms with E-state index in [2.05, 4.69) is 43.3 Å². The van der Waals surface area contributed by atoms with E-state index in [1.54, 1.807) is 13.0 Å². The van der Waals surface area contributed by atoms with Gasteiger partial charge >= 0.3 is 0 Å². The third-order valence-electron chi connectivity index (χ3n) is 4.70. The summed E-state index contributed by atoms with van der Waals surface area (Å²) in [6.45, 7) is 4.35. The van der Waals surface area contributed by atoms with Crippen LogP contribution in [0, 0.1) is 11.6 Å². The summed E-state index contributed by atoms with van der Waals surface area (Å²) in [6.07, 6.45) is 4.12. The Bertz CT molecular complexity index is 908. The molecule has 28 heavy (non-hydrogen) atoms. The highest BCUT2D eigenvalue weighted by atomic mass is 19.1. The highest BCUT2D eigenvalue weighted by Crippen LogP contribution is 2.24. The minimum absolute atomic E-state index is 0.0646. The van der Waals surface area contributed by atoms with Crippen LogP contribution in [0.15, 0.2) is 66.7 Å². The average molecular weight is 378 g/mol. The standard InChI is InChI=1S/C25H24F2O/c1-3-28-22-16-24(26)23(25(27)17-22)14-13-19-9-11-20(12-10-19)15-18(2)21-7-5-4-6-8-21/h4-14,16-18H,3,15H2,1-2H3/t18-/m0/s1. The molecule has 3 rings (SSSR count). The molecular formula is C25H24F2O. The average Bonchev–Trinajstić information content (AvgIpc) is 2.69. The second-order valence-electron chi connectivity index (χ2n) is 6.82. The molecule has 144 valence electrons. The summed E-state index contributed by atoms with van der Waals surface area (Å²) < 4.78 is 33.4. The molecule has 0 aliphatic heterocycles. The van der Waals surface area contributed by atoms with Gasteiger partial charge in [0.2, 0.25) is 0 Å². The fourth-order valence-corrected chi connectivity index (χ4v) is 3.17. The minimum atomic E-state index is -0.631. The van der Waals surface area contributed by atoms with E-state index < -0.39 is 11.6 Å². The van der Waals surface area contributed by atoms with E-state index in [1.807, 2.05) is 18.2 Å². The van der Waals surface area contributed by atoms with Gasteiger partial charge in [-0.15, -0.1) is 0 Å². The Balaban J connectivity index is 1.69. The molecule has 0 aromatic heterocycles. The van der Waals surface area contributed by atoms with Crippen molar-refractivity contribution in [2.75, 3.05) is 6.61 Å². The van der Waals surface area contributed by atoms with Crippen molar-refractivity contribution in [3.05, 3.63) is 101 Å². The van der Waals surface area contributed by atoms with Gasteiger partial charge in [0, 0.05) is 17.7 Å². The molecule has 3 aromatic rings. The number of rotatable bonds is 7. The van der Waals surface area contributed by atoms with Crippen LogP contribution in [0.1, 0.15) is 42.0 Å². The Kier molecular flexibility index (Phi) is 6.59. The van der Waals surface area contributed by atoms with Crippen LogP contribution in [0.5, 0.6) is 5.75 Å². The molecule has 0 fully saturated rings. The largest absolute Gasteiger partial charge is 0.494 e. The number of hydrogen-bond donors (Lipinski definition) is 0. The van der Waals surface area contributed by atoms with Crippen LogP contribution >= 0.6 is 0 Å². The van der Waals surface area contributed by atoms with Crippen LogP contribution in [0.25, 0.3) is 12.2 Å². The fourth-order valence-electron chi connectivity index (χ4n) is 3.17. The quantitative estimate of drug-likeness (QED) is 0.407. The van der Waals surface area contributed by atoms with Crippen molar-refractivity contribution in [2.45, 2.75) is 26.2 Å². The summed E-state index contributed by atoms with van der Waals surface area (Å²) in [5.74, 6) is -0.637. The van der Waals surface area contributed by atoms with Crippen molar-refractivity contribution >= 4 is 12.2 Å². The van der Waals surface area contributed by atoms with Crippen LogP contribution in [0.2, 0.25) is 0 Å². The zero-order valence-corrected chi connectivity index (χ0v) is 16.2. The summed E-state index contributed by atoms with van der Waals surface area (Å²) in [6, 6.07) is 20.9. The van der Waals surface area contributed by atoms with Gasteiger partial charge in [0.15, 0.2) is 0 Å². The monoisotopic (exact) mass is 378 g/mol. The van der Waals surface area contributed by atoms with Gasteiger partial charge in [-0.2, -0.15) is 0 Å². The van der Waals surface area contributed by atoms with Crippen molar-refractivity contribution < 1.29 is 13.5 Å². The Hall–Kier alpha value is -2.94. The van der Waals surface area contributed by atoms with Gasteiger partial charge in [-0.1, -0.05) is 67.6 Å². The van der Waals surface area contributed by atoms with Crippen LogP contribution in [0.4, 0.5) is 8.78 Å². The molecule has 1 atom stereocenters. The Morgan fingerprint density at radius 1 is 0.893 bits per heavy atom. The maximum absolute atomic E-state index is 14.1. The van der Waals surface area contributed by atoms with Crippen molar-refractivity contribution in [2.24, 2.45) is 0 Å². The van der Waals surface area contributed by atoms with E-state index in [1.165, 1.54) is 29.3 Å². The highest BCUT2D eigenvalue weighted by Gasteiger charge is 2.09. The van der Waals surface area contributed by atoms with Gasteiger partial charge in [0.05, 0.1) is 6.61 Å². The zero-order valence-electron chi connectivity index (χ0n) is 16.2. The molecule has 0 amide bonds. The molecule has 0 aliphatic carbocycles. The van der Waals surface area contributed by atoms with Crippen LogP contribution in [-0.2, 0) is 6.42 Å². The molecule has 0 spiro atoms. The fraction of sp³-hybridized carbons (Fsp3) is 0.200. The van der Waals surface area contributed by atoms with Crippen LogP contribution in [-0.4, -0.2) is 6.61 Å². The van der Waals surface area contributed by atoms with Crippen LogP contribution in [0.3, 0.4) is 0 Å². The van der Waals surface area contributed by atoms with Crippen LogP contribution < -0.4 is 4.74 Å². The lowest BCUT2D eigenvalue weighted by molar-refractivity contribution is 0.335. The van der Waals surface area contributed by atoms with Gasteiger partial charge in [-0.25, -0.2) is 8.78 Å².